The van der Waals surface area contributed by atoms with Crippen LogP contribution in [0.1, 0.15) is 21.5 Å². The first-order valence-corrected chi connectivity index (χ1v) is 11.7. The van der Waals surface area contributed by atoms with Crippen molar-refractivity contribution in [1.82, 2.24) is 0 Å². The lowest BCUT2D eigenvalue weighted by atomic mass is 10.1. The average molecular weight is 492 g/mol. The fourth-order valence-electron chi connectivity index (χ4n) is 2.26. The van der Waals surface area contributed by atoms with E-state index in [1.54, 1.807) is 6.92 Å². The number of esters is 1. The Bertz CT molecular complexity index is 1130. The first-order valence-electron chi connectivity index (χ1n) is 7.85. The number of hydrogen-bond acceptors (Lipinski definition) is 4. The average Bonchev–Trinajstić information content (AvgIpc) is 2.58. The van der Waals surface area contributed by atoms with Gasteiger partial charge in [-0.2, -0.15) is 0 Å². The van der Waals surface area contributed by atoms with Crippen LogP contribution in [0.2, 0.25) is 0 Å². The van der Waals surface area contributed by atoms with Crippen molar-refractivity contribution in [3.63, 3.8) is 0 Å². The summed E-state index contributed by atoms with van der Waals surface area (Å²) in [7, 11) is -13.4. The lowest BCUT2D eigenvalue weighted by molar-refractivity contribution is 0.0600. The Balaban J connectivity index is 2.64. The molecule has 0 spiro atoms. The zero-order valence-electron chi connectivity index (χ0n) is 15.3. The van der Waals surface area contributed by atoms with Crippen LogP contribution >= 0.6 is 21.8 Å². The summed E-state index contributed by atoms with van der Waals surface area (Å²) < 4.78 is 95.8. The van der Waals surface area contributed by atoms with E-state index < -0.39 is 47.9 Å². The molecule has 0 radical (unpaired) electrons. The van der Waals surface area contributed by atoms with Crippen LogP contribution in [0, 0.1) is 6.92 Å². The summed E-state index contributed by atoms with van der Waals surface area (Å²) in [6, 6.07) is 8.11. The molecule has 1 N–H and O–H groups in total. The number of carbonyl (C=O) groups is 1. The molecule has 0 aliphatic heterocycles. The summed E-state index contributed by atoms with van der Waals surface area (Å²) in [4.78, 5) is 11.4. The Morgan fingerprint density at radius 2 is 1.63 bits per heavy atom. The maximum absolute atomic E-state index is 12.9. The van der Waals surface area contributed by atoms with Crippen LogP contribution in [0.4, 0.5) is 25.1 Å². The van der Waals surface area contributed by atoms with Crippen LogP contribution in [0.3, 0.4) is 0 Å². The summed E-state index contributed by atoms with van der Waals surface area (Å²) in [5.41, 5.74) is -0.923. The number of aryl methyl sites for hydroxylation is 1. The van der Waals surface area contributed by atoms with Crippen LogP contribution < -0.4 is 4.72 Å². The van der Waals surface area contributed by atoms with E-state index in [0.717, 1.165) is 24.8 Å². The van der Waals surface area contributed by atoms with Crippen molar-refractivity contribution < 1.29 is 37.4 Å². The maximum atomic E-state index is 12.9. The standard InChI is InChI=1S/C17H15ClF5NO4S2/c1-11-3-6-13(7-4-11)29(26,27)24-16-8-5-12(17(25)28-2)9-14(16)15(18)10-30(19,20,21,22)23/h3-10,24H,1-2H3/b15-10+. The van der Waals surface area contributed by atoms with Crippen LogP contribution in [-0.2, 0) is 14.8 Å². The number of ether oxygens (including phenoxy) is 1. The zero-order valence-corrected chi connectivity index (χ0v) is 17.7. The van der Waals surface area contributed by atoms with Gasteiger partial charge in [0.25, 0.3) is 10.0 Å². The molecule has 13 heteroatoms. The second-order valence-corrected chi connectivity index (χ2v) is 10.5. The Hall–Kier alpha value is -2.31. The highest BCUT2D eigenvalue weighted by Crippen LogP contribution is 2.99. The maximum Gasteiger partial charge on any atom is 0.337 e. The summed E-state index contributed by atoms with van der Waals surface area (Å²) in [5, 5.41) is -2.89. The van der Waals surface area contributed by atoms with Gasteiger partial charge >= 0.3 is 16.2 Å². The number of anilines is 1. The van der Waals surface area contributed by atoms with Crippen LogP contribution in [0.15, 0.2) is 52.8 Å². The molecule has 0 unspecified atom stereocenters. The SMILES string of the molecule is COC(=O)c1ccc(NS(=O)(=O)c2ccc(C)cc2)c(/C(Cl)=C\S(F)(F)(F)(F)F)c1. The second-order valence-electron chi connectivity index (χ2n) is 6.16. The molecule has 0 aromatic heterocycles. The van der Waals surface area contributed by atoms with E-state index in [0.29, 0.717) is 6.07 Å². The van der Waals surface area contributed by atoms with E-state index >= 15 is 0 Å². The van der Waals surface area contributed by atoms with Gasteiger partial charge < -0.3 is 4.74 Å². The number of hydrogen-bond donors (Lipinski definition) is 1. The summed E-state index contributed by atoms with van der Waals surface area (Å²) in [6.45, 7) is 1.71. The Morgan fingerprint density at radius 3 is 2.13 bits per heavy atom. The van der Waals surface area contributed by atoms with Gasteiger partial charge in [0.1, 0.15) is 0 Å². The van der Waals surface area contributed by atoms with E-state index in [1.807, 2.05) is 4.72 Å². The van der Waals surface area contributed by atoms with Crippen LogP contribution in [0.25, 0.3) is 5.03 Å². The molecule has 0 saturated heterocycles. The van der Waals surface area contributed by atoms with Gasteiger partial charge in [-0.1, -0.05) is 48.7 Å². The van der Waals surface area contributed by atoms with Gasteiger partial charge in [-0.3, -0.25) is 4.72 Å². The number of sulfonamides is 1. The molecular formula is C17H15ClF5NO4S2. The molecule has 2 aromatic carbocycles. The monoisotopic (exact) mass is 491 g/mol. The van der Waals surface area contributed by atoms with Crippen molar-refractivity contribution in [2.45, 2.75) is 11.8 Å². The van der Waals surface area contributed by atoms with Gasteiger partial charge in [-0.15, -0.1) is 0 Å². The van der Waals surface area contributed by atoms with Gasteiger partial charge in [0.05, 0.1) is 33.7 Å². The predicted molar refractivity (Wildman–Crippen MR) is 107 cm³/mol. The molecular weight excluding hydrogens is 477 g/mol. The normalized spacial score (nSPS) is 15.1. The van der Waals surface area contributed by atoms with Crippen molar-refractivity contribution in [3.8, 4) is 0 Å². The molecule has 0 bridgehead atoms. The van der Waals surface area contributed by atoms with E-state index in [-0.39, 0.29) is 10.5 Å². The minimum absolute atomic E-state index is 0.232. The van der Waals surface area contributed by atoms with E-state index in [1.165, 1.54) is 24.3 Å². The van der Waals surface area contributed by atoms with E-state index in [2.05, 4.69) is 4.74 Å². The highest BCUT2D eigenvalue weighted by Gasteiger charge is 2.61. The molecule has 0 fully saturated rings. The fraction of sp³-hybridized carbons (Fsp3) is 0.118. The van der Waals surface area contributed by atoms with Gasteiger partial charge in [-0.05, 0) is 37.3 Å². The van der Waals surface area contributed by atoms with Crippen LogP contribution in [-0.4, -0.2) is 21.5 Å². The topological polar surface area (TPSA) is 72.5 Å². The van der Waals surface area contributed by atoms with Gasteiger partial charge in [-0.25, -0.2) is 13.2 Å². The second kappa shape index (κ2) is 7.13. The Morgan fingerprint density at radius 1 is 1.07 bits per heavy atom. The molecule has 30 heavy (non-hydrogen) atoms. The van der Waals surface area contributed by atoms with Gasteiger partial charge in [0.2, 0.25) is 0 Å². The third-order valence-electron chi connectivity index (χ3n) is 3.60. The predicted octanol–water partition coefficient (Wildman–Crippen LogP) is 6.42. The minimum Gasteiger partial charge on any atom is -0.465 e. The molecule has 0 amide bonds. The number of benzene rings is 2. The molecule has 5 nitrogen and oxygen atoms in total. The van der Waals surface area contributed by atoms with Crippen LogP contribution in [0.5, 0.6) is 0 Å². The summed E-state index contributed by atoms with van der Waals surface area (Å²) >= 11 is 5.49. The number of methoxy groups -OCH3 is 1. The Labute approximate surface area is 174 Å². The number of carbonyl (C=O) groups excluding carboxylic acids is 1. The molecule has 0 heterocycles. The molecule has 0 saturated carbocycles. The summed E-state index contributed by atoms with van der Waals surface area (Å²) in [6.07, 6.45) is 0. The first kappa shape index (κ1) is 24.0. The highest BCUT2D eigenvalue weighted by atomic mass is 35.5. The number of nitrogens with one attached hydrogen (secondary N) is 1. The van der Waals surface area contributed by atoms with Crippen molar-refractivity contribution in [2.24, 2.45) is 0 Å². The quantitative estimate of drug-likeness (QED) is 0.374. The lowest BCUT2D eigenvalue weighted by Crippen LogP contribution is -2.14. The van der Waals surface area contributed by atoms with Gasteiger partial charge in [0.15, 0.2) is 0 Å². The van der Waals surface area contributed by atoms with Gasteiger partial charge in [0, 0.05) is 5.56 Å². The Kier molecular flexibility index (Phi) is 5.70. The largest absolute Gasteiger partial charge is 0.465 e. The smallest absolute Gasteiger partial charge is 0.337 e. The zero-order chi connectivity index (χ0) is 23.0. The van der Waals surface area contributed by atoms with Crippen molar-refractivity contribution in [3.05, 3.63) is 64.6 Å². The first-order chi connectivity index (χ1) is 13.4. The number of rotatable bonds is 6. The molecule has 2 aromatic rings. The highest BCUT2D eigenvalue weighted by molar-refractivity contribution is 8.48. The molecule has 0 atom stereocenters. The summed E-state index contributed by atoms with van der Waals surface area (Å²) in [5.74, 6) is -0.999. The van der Waals surface area contributed by atoms with Crippen molar-refractivity contribution in [1.29, 1.82) is 0 Å². The third-order valence-corrected chi connectivity index (χ3v) is 6.10. The lowest BCUT2D eigenvalue weighted by Gasteiger charge is -2.37. The molecule has 2 rings (SSSR count). The molecule has 166 valence electrons. The molecule has 0 aliphatic carbocycles. The van der Waals surface area contributed by atoms with E-state index in [9.17, 15) is 32.6 Å². The fourth-order valence-corrected chi connectivity index (χ4v) is 4.52. The molecule has 0 aliphatic rings. The third kappa shape index (κ3) is 6.61. The van der Waals surface area contributed by atoms with E-state index in [4.69, 9.17) is 11.6 Å². The minimum atomic E-state index is -10.1. The number of halogens is 6. The van der Waals surface area contributed by atoms with Crippen molar-refractivity contribution >= 4 is 48.5 Å². The van der Waals surface area contributed by atoms with Crippen molar-refractivity contribution in [2.75, 3.05) is 11.8 Å².